The Morgan fingerprint density at radius 2 is 2.04 bits per heavy atom. The van der Waals surface area contributed by atoms with Crippen molar-refractivity contribution in [2.24, 2.45) is 0 Å². The highest BCUT2D eigenvalue weighted by Gasteiger charge is 2.34. The highest BCUT2D eigenvalue weighted by atomic mass is 16.5. The maximum Gasteiger partial charge on any atom is 0.227 e. The van der Waals surface area contributed by atoms with Crippen LogP contribution in [0.5, 0.6) is 5.75 Å². The molecule has 3 rings (SSSR count). The van der Waals surface area contributed by atoms with Crippen LogP contribution in [0.2, 0.25) is 0 Å². The molecule has 1 aromatic rings. The zero-order valence-electron chi connectivity index (χ0n) is 16.1. The minimum absolute atomic E-state index is 0.0429. The fraction of sp³-hybridized carbons (Fsp3) is 0.600. The Labute approximate surface area is 160 Å². The van der Waals surface area contributed by atoms with Crippen LogP contribution in [0.1, 0.15) is 18.9 Å². The quantitative estimate of drug-likeness (QED) is 0.805. The van der Waals surface area contributed by atoms with Crippen LogP contribution in [-0.4, -0.2) is 90.1 Å². The number of hydrogen-bond acceptors (Lipinski definition) is 5. The van der Waals surface area contributed by atoms with Crippen molar-refractivity contribution < 1.29 is 19.4 Å². The normalized spacial score (nSPS) is 23.5. The van der Waals surface area contributed by atoms with Crippen LogP contribution in [0.3, 0.4) is 0 Å². The monoisotopic (exact) mass is 375 g/mol. The molecule has 1 N–H and O–H groups in total. The van der Waals surface area contributed by atoms with Crippen molar-refractivity contribution in [1.82, 2.24) is 14.7 Å². The smallest absolute Gasteiger partial charge is 0.227 e. The molecule has 0 aliphatic carbocycles. The molecule has 148 valence electrons. The molecule has 0 saturated carbocycles. The summed E-state index contributed by atoms with van der Waals surface area (Å²) in [5, 5.41) is 9.79. The van der Waals surface area contributed by atoms with E-state index in [1.54, 1.807) is 14.0 Å². The first kappa shape index (κ1) is 19.6. The van der Waals surface area contributed by atoms with Crippen molar-refractivity contribution >= 4 is 11.8 Å². The number of amides is 2. The van der Waals surface area contributed by atoms with Crippen molar-refractivity contribution in [3.05, 3.63) is 29.8 Å². The SMILES string of the molecule is COc1cccc(CC(=O)N2CCN(C(C)=O)C[C@H]2CN2CC[C@H](O)C2)c1. The van der Waals surface area contributed by atoms with E-state index in [4.69, 9.17) is 4.74 Å². The third kappa shape index (κ3) is 4.99. The second-order valence-corrected chi connectivity index (χ2v) is 7.44. The zero-order valence-corrected chi connectivity index (χ0v) is 16.1. The Kier molecular flexibility index (Phi) is 6.34. The average Bonchev–Trinajstić information content (AvgIpc) is 3.06. The number of β-amino-alcohol motifs (C(OH)–C–C–N with tert-alkyl or cyclic N) is 1. The lowest BCUT2D eigenvalue weighted by Crippen LogP contribution is -2.59. The lowest BCUT2D eigenvalue weighted by molar-refractivity contribution is -0.142. The van der Waals surface area contributed by atoms with E-state index in [2.05, 4.69) is 4.90 Å². The van der Waals surface area contributed by atoms with Crippen LogP contribution in [-0.2, 0) is 16.0 Å². The molecule has 7 nitrogen and oxygen atoms in total. The van der Waals surface area contributed by atoms with Crippen LogP contribution >= 0.6 is 0 Å². The third-order valence-corrected chi connectivity index (χ3v) is 5.45. The summed E-state index contributed by atoms with van der Waals surface area (Å²) in [7, 11) is 1.61. The first-order valence-electron chi connectivity index (χ1n) is 9.54. The molecule has 2 amide bonds. The third-order valence-electron chi connectivity index (χ3n) is 5.45. The zero-order chi connectivity index (χ0) is 19.4. The van der Waals surface area contributed by atoms with E-state index in [1.807, 2.05) is 34.1 Å². The highest BCUT2D eigenvalue weighted by molar-refractivity contribution is 5.80. The van der Waals surface area contributed by atoms with Gasteiger partial charge in [-0.15, -0.1) is 0 Å². The van der Waals surface area contributed by atoms with Gasteiger partial charge in [-0.2, -0.15) is 0 Å². The molecule has 2 fully saturated rings. The number of aliphatic hydroxyl groups is 1. The molecule has 0 bridgehead atoms. The lowest BCUT2D eigenvalue weighted by atomic mass is 10.1. The first-order chi connectivity index (χ1) is 13.0. The summed E-state index contributed by atoms with van der Waals surface area (Å²) in [6, 6.07) is 7.51. The molecule has 27 heavy (non-hydrogen) atoms. The van der Waals surface area contributed by atoms with Gasteiger partial charge in [0, 0.05) is 46.2 Å². The maximum atomic E-state index is 13.0. The largest absolute Gasteiger partial charge is 0.497 e. The van der Waals surface area contributed by atoms with Gasteiger partial charge in [-0.25, -0.2) is 0 Å². The van der Waals surface area contributed by atoms with Gasteiger partial charge in [-0.1, -0.05) is 12.1 Å². The van der Waals surface area contributed by atoms with Crippen LogP contribution < -0.4 is 4.74 Å². The summed E-state index contributed by atoms with van der Waals surface area (Å²) in [5.74, 6) is 0.849. The van der Waals surface area contributed by atoms with E-state index in [-0.39, 0.29) is 24.0 Å². The number of rotatable bonds is 5. The van der Waals surface area contributed by atoms with Crippen LogP contribution in [0.15, 0.2) is 24.3 Å². The number of aliphatic hydroxyl groups excluding tert-OH is 1. The molecule has 0 aromatic heterocycles. The molecule has 2 atom stereocenters. The fourth-order valence-electron chi connectivity index (χ4n) is 3.96. The van der Waals surface area contributed by atoms with E-state index in [9.17, 15) is 14.7 Å². The van der Waals surface area contributed by atoms with Gasteiger partial charge in [0.15, 0.2) is 0 Å². The molecule has 7 heteroatoms. The maximum absolute atomic E-state index is 13.0. The van der Waals surface area contributed by atoms with Gasteiger partial charge in [-0.3, -0.25) is 14.5 Å². The molecule has 2 saturated heterocycles. The summed E-state index contributed by atoms with van der Waals surface area (Å²) in [6.45, 7) is 5.38. The van der Waals surface area contributed by atoms with Crippen LogP contribution in [0.4, 0.5) is 0 Å². The summed E-state index contributed by atoms with van der Waals surface area (Å²) in [4.78, 5) is 30.7. The molecule has 0 radical (unpaired) electrons. The second kappa shape index (κ2) is 8.71. The summed E-state index contributed by atoms with van der Waals surface area (Å²) < 4.78 is 5.24. The van der Waals surface area contributed by atoms with Crippen LogP contribution in [0.25, 0.3) is 0 Å². The molecule has 0 spiro atoms. The van der Waals surface area contributed by atoms with E-state index in [0.29, 0.717) is 39.1 Å². The summed E-state index contributed by atoms with van der Waals surface area (Å²) >= 11 is 0. The Hall–Kier alpha value is -2.12. The summed E-state index contributed by atoms with van der Waals surface area (Å²) in [6.07, 6.45) is 0.788. The Morgan fingerprint density at radius 3 is 2.70 bits per heavy atom. The molecule has 0 unspecified atom stereocenters. The summed E-state index contributed by atoms with van der Waals surface area (Å²) in [5.41, 5.74) is 0.920. The van der Waals surface area contributed by atoms with Gasteiger partial charge in [-0.05, 0) is 24.1 Å². The minimum Gasteiger partial charge on any atom is -0.497 e. The fourth-order valence-corrected chi connectivity index (χ4v) is 3.96. The van der Waals surface area contributed by atoms with Gasteiger partial charge in [0.25, 0.3) is 0 Å². The topological polar surface area (TPSA) is 73.3 Å². The molecule has 2 heterocycles. The van der Waals surface area contributed by atoms with Crippen molar-refractivity contribution in [2.75, 3.05) is 46.4 Å². The number of ether oxygens (including phenoxy) is 1. The van der Waals surface area contributed by atoms with Crippen molar-refractivity contribution in [3.8, 4) is 5.75 Å². The average molecular weight is 375 g/mol. The van der Waals surface area contributed by atoms with E-state index < -0.39 is 0 Å². The van der Waals surface area contributed by atoms with Crippen molar-refractivity contribution in [3.63, 3.8) is 0 Å². The lowest BCUT2D eigenvalue weighted by Gasteiger charge is -2.42. The van der Waals surface area contributed by atoms with Crippen molar-refractivity contribution in [2.45, 2.75) is 31.9 Å². The van der Waals surface area contributed by atoms with E-state index in [1.165, 1.54) is 0 Å². The number of carbonyl (C=O) groups excluding carboxylic acids is 2. The molecular weight excluding hydrogens is 346 g/mol. The Balaban J connectivity index is 1.69. The predicted molar refractivity (Wildman–Crippen MR) is 102 cm³/mol. The van der Waals surface area contributed by atoms with E-state index in [0.717, 1.165) is 24.3 Å². The number of hydrogen-bond donors (Lipinski definition) is 1. The Bertz CT molecular complexity index is 681. The first-order valence-corrected chi connectivity index (χ1v) is 9.54. The Morgan fingerprint density at radius 1 is 1.22 bits per heavy atom. The highest BCUT2D eigenvalue weighted by Crippen LogP contribution is 2.19. The number of piperazine rings is 1. The van der Waals surface area contributed by atoms with Gasteiger partial charge >= 0.3 is 0 Å². The van der Waals surface area contributed by atoms with Crippen LogP contribution in [0, 0.1) is 0 Å². The van der Waals surface area contributed by atoms with Gasteiger partial charge in [0.2, 0.25) is 11.8 Å². The second-order valence-electron chi connectivity index (χ2n) is 7.44. The van der Waals surface area contributed by atoms with E-state index >= 15 is 0 Å². The van der Waals surface area contributed by atoms with Gasteiger partial charge < -0.3 is 19.6 Å². The predicted octanol–water partition coefficient (Wildman–Crippen LogP) is 0.364. The van der Waals surface area contributed by atoms with Crippen molar-refractivity contribution in [1.29, 1.82) is 0 Å². The molecule has 2 aliphatic rings. The number of likely N-dealkylation sites (tertiary alicyclic amines) is 1. The molecular formula is C20H29N3O4. The van der Waals surface area contributed by atoms with Gasteiger partial charge in [0.05, 0.1) is 25.7 Å². The molecule has 2 aliphatic heterocycles. The number of carbonyl (C=O) groups is 2. The number of nitrogens with zero attached hydrogens (tertiary/aromatic N) is 3. The van der Waals surface area contributed by atoms with Gasteiger partial charge in [0.1, 0.15) is 5.75 Å². The molecule has 1 aromatic carbocycles. The number of benzene rings is 1. The standard InChI is InChI=1S/C20H29N3O4/c1-15(24)22-8-9-23(17(13-22)12-21-7-6-18(25)14-21)20(26)11-16-4-3-5-19(10-16)27-2/h3-5,10,17-18,25H,6-9,11-14H2,1-2H3/t17-,18+/m1/s1. The number of methoxy groups -OCH3 is 1. The minimum atomic E-state index is -0.293.